The molecular formula is C21H23NO5. The van der Waals surface area contributed by atoms with Crippen LogP contribution in [0.4, 0.5) is 0 Å². The number of hydrogen-bond donors (Lipinski definition) is 1. The van der Waals surface area contributed by atoms with Gasteiger partial charge in [0, 0.05) is 6.54 Å². The molecule has 6 heteroatoms. The van der Waals surface area contributed by atoms with Gasteiger partial charge in [-0.25, -0.2) is 0 Å². The molecule has 1 aliphatic rings. The second-order valence-electron chi connectivity index (χ2n) is 6.39. The lowest BCUT2D eigenvalue weighted by atomic mass is 9.95. The Hall–Kier alpha value is -3.02. The van der Waals surface area contributed by atoms with E-state index in [1.54, 1.807) is 6.07 Å². The van der Waals surface area contributed by atoms with Crippen molar-refractivity contribution in [2.45, 2.75) is 32.7 Å². The Morgan fingerprint density at radius 3 is 2.52 bits per heavy atom. The minimum Gasteiger partial charge on any atom is -0.503 e. The van der Waals surface area contributed by atoms with Gasteiger partial charge >= 0.3 is 0 Å². The first-order valence-corrected chi connectivity index (χ1v) is 9.13. The van der Waals surface area contributed by atoms with Gasteiger partial charge in [-0.05, 0) is 42.7 Å². The first kappa shape index (κ1) is 18.8. The van der Waals surface area contributed by atoms with Gasteiger partial charge in [-0.1, -0.05) is 26.0 Å². The predicted molar refractivity (Wildman–Crippen MR) is 99.7 cm³/mol. The number of ketones is 1. The molecular weight excluding hydrogens is 346 g/mol. The number of carbonyl (C=O) groups excluding carboxylic acids is 2. The number of carbonyl (C=O) groups is 2. The molecule has 0 saturated heterocycles. The average molecular weight is 369 g/mol. The molecule has 1 N–H and O–H groups in total. The van der Waals surface area contributed by atoms with Crippen molar-refractivity contribution < 1.29 is 23.8 Å². The monoisotopic (exact) mass is 369 g/mol. The molecule has 0 spiro atoms. The minimum atomic E-state index is -0.657. The largest absolute Gasteiger partial charge is 0.503 e. The van der Waals surface area contributed by atoms with Gasteiger partial charge in [-0.15, -0.1) is 0 Å². The van der Waals surface area contributed by atoms with Gasteiger partial charge in [0.2, 0.25) is 5.78 Å². The molecule has 6 nitrogen and oxygen atoms in total. The van der Waals surface area contributed by atoms with Gasteiger partial charge < -0.3 is 19.2 Å². The summed E-state index contributed by atoms with van der Waals surface area (Å²) in [4.78, 5) is 27.0. The van der Waals surface area contributed by atoms with E-state index in [0.29, 0.717) is 19.6 Å². The fraction of sp³-hybridized carbons (Fsp3) is 0.333. The van der Waals surface area contributed by atoms with E-state index in [2.05, 4.69) is 0 Å². The Kier molecular flexibility index (Phi) is 5.64. The van der Waals surface area contributed by atoms with Gasteiger partial charge in [0.05, 0.1) is 24.5 Å². The number of nitrogens with zero attached hydrogens (tertiary/aromatic N) is 1. The Morgan fingerprint density at radius 2 is 1.93 bits per heavy atom. The maximum atomic E-state index is 12.9. The van der Waals surface area contributed by atoms with E-state index in [1.165, 1.54) is 17.2 Å². The summed E-state index contributed by atoms with van der Waals surface area (Å²) in [6.07, 6.45) is 3.00. The summed E-state index contributed by atoms with van der Waals surface area (Å²) in [7, 11) is 0. The van der Waals surface area contributed by atoms with E-state index >= 15 is 0 Å². The number of Topliss-reactive ketones (excluding diaryl/α,β-unsaturated/α-hetero) is 1. The summed E-state index contributed by atoms with van der Waals surface area (Å²) in [5, 5.41) is 10.4. The summed E-state index contributed by atoms with van der Waals surface area (Å²) in [6.45, 7) is 5.01. The summed E-state index contributed by atoms with van der Waals surface area (Å²) < 4.78 is 10.8. The van der Waals surface area contributed by atoms with Crippen molar-refractivity contribution in [3.05, 3.63) is 65.3 Å². The van der Waals surface area contributed by atoms with Gasteiger partial charge in [0.25, 0.3) is 5.91 Å². The Bertz CT molecular complexity index is 836. The minimum absolute atomic E-state index is 0.0469. The summed E-state index contributed by atoms with van der Waals surface area (Å²) in [6, 6.07) is 9.72. The average Bonchev–Trinajstić information content (AvgIpc) is 3.30. The molecule has 1 aliphatic heterocycles. The molecule has 0 fully saturated rings. The highest BCUT2D eigenvalue weighted by Gasteiger charge is 2.43. The SMILES string of the molecule is CCCOc1ccc(C2C(C(=O)c3ccco3)=C(O)C(=O)N2CCC)cc1. The van der Waals surface area contributed by atoms with E-state index in [4.69, 9.17) is 9.15 Å². The Labute approximate surface area is 158 Å². The van der Waals surface area contributed by atoms with Crippen molar-refractivity contribution >= 4 is 11.7 Å². The van der Waals surface area contributed by atoms with Crippen LogP contribution in [0.15, 0.2) is 58.4 Å². The van der Waals surface area contributed by atoms with Crippen molar-refractivity contribution in [3.8, 4) is 5.75 Å². The van der Waals surface area contributed by atoms with Crippen molar-refractivity contribution in [2.24, 2.45) is 0 Å². The number of aliphatic hydroxyl groups excluding tert-OH is 1. The van der Waals surface area contributed by atoms with Crippen LogP contribution in [-0.4, -0.2) is 34.8 Å². The van der Waals surface area contributed by atoms with Crippen molar-refractivity contribution in [3.63, 3.8) is 0 Å². The second kappa shape index (κ2) is 8.12. The van der Waals surface area contributed by atoms with Crippen LogP contribution in [-0.2, 0) is 4.79 Å². The second-order valence-corrected chi connectivity index (χ2v) is 6.39. The zero-order valence-corrected chi connectivity index (χ0v) is 15.5. The standard InChI is InChI=1S/C21H23NO5/c1-3-11-22-18(14-7-9-15(10-8-14)26-12-4-2)17(20(24)21(22)25)19(23)16-6-5-13-27-16/h5-10,13,18,24H,3-4,11-12H2,1-2H3. The number of rotatable bonds is 8. The normalized spacial score (nSPS) is 16.9. The molecule has 1 aromatic carbocycles. The maximum absolute atomic E-state index is 12.9. The predicted octanol–water partition coefficient (Wildman–Crippen LogP) is 4.06. The highest BCUT2D eigenvalue weighted by molar-refractivity contribution is 6.15. The van der Waals surface area contributed by atoms with Crippen molar-refractivity contribution in [1.82, 2.24) is 4.90 Å². The van der Waals surface area contributed by atoms with E-state index in [0.717, 1.165) is 17.7 Å². The number of amides is 1. The number of furan rings is 1. The Morgan fingerprint density at radius 1 is 1.19 bits per heavy atom. The molecule has 0 saturated carbocycles. The van der Waals surface area contributed by atoms with Crippen LogP contribution in [0.2, 0.25) is 0 Å². The van der Waals surface area contributed by atoms with Crippen LogP contribution < -0.4 is 4.74 Å². The summed E-state index contributed by atoms with van der Waals surface area (Å²) in [5.41, 5.74) is 0.783. The lowest BCUT2D eigenvalue weighted by Crippen LogP contribution is -2.31. The van der Waals surface area contributed by atoms with Crippen LogP contribution in [0.5, 0.6) is 5.75 Å². The number of ether oxygens (including phenoxy) is 1. The zero-order valence-electron chi connectivity index (χ0n) is 15.5. The number of hydrogen-bond acceptors (Lipinski definition) is 5. The molecule has 0 aliphatic carbocycles. The Balaban J connectivity index is 1.99. The van der Waals surface area contributed by atoms with E-state index < -0.39 is 23.5 Å². The molecule has 1 atom stereocenters. The molecule has 2 heterocycles. The smallest absolute Gasteiger partial charge is 0.290 e. The fourth-order valence-corrected chi connectivity index (χ4v) is 3.21. The molecule has 2 aromatic rings. The molecule has 142 valence electrons. The molecule has 1 aromatic heterocycles. The van der Waals surface area contributed by atoms with Crippen molar-refractivity contribution in [2.75, 3.05) is 13.2 Å². The molecule has 0 bridgehead atoms. The summed E-state index contributed by atoms with van der Waals surface area (Å²) in [5.74, 6) is -0.723. The zero-order chi connectivity index (χ0) is 19.4. The molecule has 27 heavy (non-hydrogen) atoms. The molecule has 1 unspecified atom stereocenters. The van der Waals surface area contributed by atoms with Crippen LogP contribution in [0.3, 0.4) is 0 Å². The van der Waals surface area contributed by atoms with Crippen LogP contribution in [0, 0.1) is 0 Å². The third kappa shape index (κ3) is 3.60. The van der Waals surface area contributed by atoms with E-state index in [9.17, 15) is 14.7 Å². The van der Waals surface area contributed by atoms with E-state index in [1.807, 2.05) is 38.1 Å². The van der Waals surface area contributed by atoms with Crippen LogP contribution in [0.1, 0.15) is 48.8 Å². The van der Waals surface area contributed by atoms with Crippen LogP contribution in [0.25, 0.3) is 0 Å². The molecule has 0 radical (unpaired) electrons. The lowest BCUT2D eigenvalue weighted by Gasteiger charge is -2.26. The van der Waals surface area contributed by atoms with Crippen LogP contribution >= 0.6 is 0 Å². The molecule has 3 rings (SSSR count). The number of aliphatic hydroxyl groups is 1. The van der Waals surface area contributed by atoms with Gasteiger partial charge in [0.1, 0.15) is 5.75 Å². The number of benzene rings is 1. The molecule has 1 amide bonds. The van der Waals surface area contributed by atoms with Crippen molar-refractivity contribution in [1.29, 1.82) is 0 Å². The highest BCUT2D eigenvalue weighted by atomic mass is 16.5. The topological polar surface area (TPSA) is 80.0 Å². The maximum Gasteiger partial charge on any atom is 0.290 e. The fourth-order valence-electron chi connectivity index (χ4n) is 3.21. The third-order valence-electron chi connectivity index (χ3n) is 4.43. The van der Waals surface area contributed by atoms with Gasteiger partial charge in [-0.3, -0.25) is 9.59 Å². The third-order valence-corrected chi connectivity index (χ3v) is 4.43. The summed E-state index contributed by atoms with van der Waals surface area (Å²) >= 11 is 0. The lowest BCUT2D eigenvalue weighted by molar-refractivity contribution is -0.129. The quantitative estimate of drug-likeness (QED) is 0.710. The van der Waals surface area contributed by atoms with Gasteiger partial charge in [-0.2, -0.15) is 0 Å². The van der Waals surface area contributed by atoms with E-state index in [-0.39, 0.29) is 11.3 Å². The first-order valence-electron chi connectivity index (χ1n) is 9.13. The van der Waals surface area contributed by atoms with Gasteiger partial charge in [0.15, 0.2) is 11.5 Å². The highest BCUT2D eigenvalue weighted by Crippen LogP contribution is 2.39. The first-order chi connectivity index (χ1) is 13.1.